The van der Waals surface area contributed by atoms with Crippen molar-refractivity contribution in [3.63, 3.8) is 0 Å². The van der Waals surface area contributed by atoms with Crippen molar-refractivity contribution < 1.29 is 23.6 Å². The van der Waals surface area contributed by atoms with Crippen LogP contribution in [0.1, 0.15) is 89.6 Å². The van der Waals surface area contributed by atoms with Gasteiger partial charge in [0.1, 0.15) is 5.82 Å². The molecule has 12 heteroatoms. The van der Waals surface area contributed by atoms with Gasteiger partial charge in [0.25, 0.3) is 5.91 Å². The number of piperidine rings is 2. The minimum atomic E-state index is -0.393. The molecule has 0 unspecified atom stereocenters. The zero-order valence-electron chi connectivity index (χ0n) is 26.7. The molecule has 2 fully saturated rings. The molecule has 4 aliphatic rings. The van der Waals surface area contributed by atoms with E-state index in [1.165, 1.54) is 24.3 Å². The van der Waals surface area contributed by atoms with Crippen LogP contribution in [0.4, 0.5) is 4.39 Å². The number of hydrogen-bond donors (Lipinski definition) is 4. The number of fused-ring (bicyclic) bond motifs is 11. The summed E-state index contributed by atoms with van der Waals surface area (Å²) in [6.07, 6.45) is 6.36. The van der Waals surface area contributed by atoms with Gasteiger partial charge in [-0.2, -0.15) is 0 Å². The zero-order valence-corrected chi connectivity index (χ0v) is 27.6. The number of nitrogens with zero attached hydrogens (tertiary/aromatic N) is 2. The average molecular weight is 655 g/mol. The summed E-state index contributed by atoms with van der Waals surface area (Å²) >= 11 is 1.64. The number of aryl methyl sites for hydroxylation is 1. The number of rotatable bonds is 6. The van der Waals surface area contributed by atoms with Crippen molar-refractivity contribution in [3.8, 4) is 0 Å². The molecule has 46 heavy (non-hydrogen) atoms. The Morgan fingerprint density at radius 2 is 1.76 bits per heavy atom. The fourth-order valence-electron chi connectivity index (χ4n) is 6.87. The Morgan fingerprint density at radius 3 is 2.54 bits per heavy atom. The lowest BCUT2D eigenvalue weighted by Crippen LogP contribution is -2.44. The Balaban J connectivity index is 1.21. The lowest BCUT2D eigenvalue weighted by molar-refractivity contribution is -0.134. The topological polar surface area (TPSA) is 133 Å². The predicted molar refractivity (Wildman–Crippen MR) is 175 cm³/mol. The molecular weight excluding hydrogens is 607 g/mol. The first kappa shape index (κ1) is 34.0. The van der Waals surface area contributed by atoms with Gasteiger partial charge in [-0.05, 0) is 101 Å². The number of aromatic nitrogens is 1. The molecule has 0 aliphatic carbocycles. The molecule has 4 bridgehead atoms. The highest BCUT2D eigenvalue weighted by atomic mass is 32.1. The van der Waals surface area contributed by atoms with Crippen LogP contribution in [0.25, 0.3) is 0 Å². The average Bonchev–Trinajstić information content (AvgIpc) is 3.40. The molecule has 250 valence electrons. The van der Waals surface area contributed by atoms with E-state index in [1.54, 1.807) is 11.3 Å². The van der Waals surface area contributed by atoms with Gasteiger partial charge in [0.2, 0.25) is 17.7 Å². The lowest BCUT2D eigenvalue weighted by Gasteiger charge is -2.36. The van der Waals surface area contributed by atoms with E-state index in [9.17, 15) is 23.6 Å². The standard InChI is InChI=1S/C34H47FN6O4S/c1-22-29-20-31(43)39-28(4-2-3-13-38-33(45)23-5-7-27(35)8-6-23)19-30(42)37-15-10-26-21-36-14-9-25(26)18-32(44)41-16-11-24(12-17-41)34(40-29)46-22/h5-8,24-26,28,36H,2-4,9-21H2,1H3,(H,37,42)(H,38,45)(H,39,43)/t25-,26-,28-/m0/s1. The first-order chi connectivity index (χ1) is 22.2. The molecule has 2 aromatic rings. The number of halogens is 1. The van der Waals surface area contributed by atoms with Gasteiger partial charge < -0.3 is 26.2 Å². The molecule has 4 aliphatic heterocycles. The van der Waals surface area contributed by atoms with Crippen LogP contribution in [0.5, 0.6) is 0 Å². The molecule has 0 saturated carbocycles. The SMILES string of the molecule is Cc1sc2nc1CC(=O)N[C@@H](CCCCNC(=O)c1ccc(F)cc1)CC(=O)NCC[C@H]1CNCC[C@H]1CC(=O)N1CCC2CC1. The van der Waals surface area contributed by atoms with Crippen molar-refractivity contribution >= 4 is 35.0 Å². The van der Waals surface area contributed by atoms with E-state index in [1.807, 2.05) is 11.8 Å². The largest absolute Gasteiger partial charge is 0.356 e. The summed E-state index contributed by atoms with van der Waals surface area (Å²) < 4.78 is 13.2. The van der Waals surface area contributed by atoms with Gasteiger partial charge in [-0.25, -0.2) is 9.37 Å². The number of nitrogens with one attached hydrogen (secondary N) is 4. The van der Waals surface area contributed by atoms with Gasteiger partial charge in [0.15, 0.2) is 0 Å². The van der Waals surface area contributed by atoms with E-state index in [4.69, 9.17) is 4.98 Å². The van der Waals surface area contributed by atoms with Crippen LogP contribution >= 0.6 is 11.3 Å². The molecule has 1 aromatic carbocycles. The lowest BCUT2D eigenvalue weighted by atomic mass is 9.81. The maximum absolute atomic E-state index is 13.3. The van der Waals surface area contributed by atoms with Crippen LogP contribution in [0.3, 0.4) is 0 Å². The van der Waals surface area contributed by atoms with Crippen molar-refractivity contribution in [2.24, 2.45) is 11.8 Å². The highest BCUT2D eigenvalue weighted by molar-refractivity contribution is 7.11. The number of unbranched alkanes of at least 4 members (excludes halogenated alkanes) is 1. The molecule has 6 rings (SSSR count). The van der Waals surface area contributed by atoms with Gasteiger partial charge in [0.05, 0.1) is 17.1 Å². The zero-order chi connectivity index (χ0) is 32.5. The summed E-state index contributed by atoms with van der Waals surface area (Å²) in [4.78, 5) is 59.9. The minimum Gasteiger partial charge on any atom is -0.356 e. The van der Waals surface area contributed by atoms with Crippen molar-refractivity contribution in [3.05, 3.63) is 51.2 Å². The summed E-state index contributed by atoms with van der Waals surface area (Å²) in [6.45, 7) is 6.19. The second kappa shape index (κ2) is 16.4. The Bertz CT molecular complexity index is 1360. The third kappa shape index (κ3) is 9.57. The molecule has 3 atom stereocenters. The second-order valence-corrected chi connectivity index (χ2v) is 14.2. The monoisotopic (exact) mass is 654 g/mol. The maximum atomic E-state index is 13.3. The van der Waals surface area contributed by atoms with E-state index >= 15 is 0 Å². The van der Waals surface area contributed by atoms with Crippen LogP contribution in [-0.2, 0) is 20.8 Å². The van der Waals surface area contributed by atoms with E-state index in [0.717, 1.165) is 67.4 Å². The van der Waals surface area contributed by atoms with Crippen molar-refractivity contribution in [2.45, 2.75) is 83.1 Å². The summed E-state index contributed by atoms with van der Waals surface area (Å²) in [5.41, 5.74) is 1.17. The summed E-state index contributed by atoms with van der Waals surface area (Å²) in [5, 5.41) is 13.5. The fourth-order valence-corrected chi connectivity index (χ4v) is 7.98. The normalized spacial score (nSPS) is 24.9. The quantitative estimate of drug-likeness (QED) is 0.353. The minimum absolute atomic E-state index is 0.115. The summed E-state index contributed by atoms with van der Waals surface area (Å²) in [7, 11) is 0. The smallest absolute Gasteiger partial charge is 0.251 e. The second-order valence-electron chi connectivity index (χ2n) is 13.0. The van der Waals surface area contributed by atoms with E-state index < -0.39 is 5.82 Å². The van der Waals surface area contributed by atoms with Crippen LogP contribution in [0, 0.1) is 24.6 Å². The van der Waals surface area contributed by atoms with Gasteiger partial charge in [0, 0.05) is 61.4 Å². The van der Waals surface area contributed by atoms with Crippen LogP contribution in [0.15, 0.2) is 24.3 Å². The third-order valence-corrected chi connectivity index (χ3v) is 10.8. The van der Waals surface area contributed by atoms with Gasteiger partial charge in [-0.15, -0.1) is 11.3 Å². The van der Waals surface area contributed by atoms with E-state index in [-0.39, 0.29) is 42.5 Å². The molecule has 4 N–H and O–H groups in total. The van der Waals surface area contributed by atoms with Crippen molar-refractivity contribution in [2.75, 3.05) is 39.3 Å². The molecule has 0 radical (unpaired) electrons. The molecule has 2 saturated heterocycles. The first-order valence-electron chi connectivity index (χ1n) is 16.8. The number of hydrogen-bond acceptors (Lipinski definition) is 7. The number of thiazole rings is 1. The van der Waals surface area contributed by atoms with Crippen LogP contribution in [-0.4, -0.2) is 78.8 Å². The molecule has 5 heterocycles. The Labute approximate surface area is 274 Å². The number of benzene rings is 1. The van der Waals surface area contributed by atoms with E-state index in [0.29, 0.717) is 62.1 Å². The van der Waals surface area contributed by atoms with Gasteiger partial charge in [-0.1, -0.05) is 0 Å². The molecular formula is C34H47FN6O4S. The third-order valence-electron chi connectivity index (χ3n) is 9.64. The Kier molecular flexibility index (Phi) is 12.1. The van der Waals surface area contributed by atoms with Crippen molar-refractivity contribution in [1.82, 2.24) is 31.2 Å². The number of amides is 4. The van der Waals surface area contributed by atoms with Crippen LogP contribution < -0.4 is 21.3 Å². The molecule has 10 nitrogen and oxygen atoms in total. The molecule has 4 amide bonds. The maximum Gasteiger partial charge on any atom is 0.251 e. The number of carbonyl (C=O) groups is 4. The van der Waals surface area contributed by atoms with E-state index in [2.05, 4.69) is 21.3 Å². The predicted octanol–water partition coefficient (Wildman–Crippen LogP) is 3.45. The Hall–Kier alpha value is -3.38. The Morgan fingerprint density at radius 1 is 1.00 bits per heavy atom. The van der Waals surface area contributed by atoms with Gasteiger partial charge in [-0.3, -0.25) is 19.2 Å². The highest BCUT2D eigenvalue weighted by Crippen LogP contribution is 2.34. The van der Waals surface area contributed by atoms with Gasteiger partial charge >= 0.3 is 0 Å². The summed E-state index contributed by atoms with van der Waals surface area (Å²) in [5.74, 6) is 0.215. The summed E-state index contributed by atoms with van der Waals surface area (Å²) in [6, 6.07) is 5.06. The molecule has 1 aromatic heterocycles. The number of carbonyl (C=O) groups excluding carboxylic acids is 4. The highest BCUT2D eigenvalue weighted by Gasteiger charge is 2.32. The fraction of sp³-hybridized carbons (Fsp3) is 0.618. The molecule has 0 spiro atoms. The van der Waals surface area contributed by atoms with Crippen LogP contribution in [0.2, 0.25) is 0 Å². The van der Waals surface area contributed by atoms with Crippen molar-refractivity contribution in [1.29, 1.82) is 0 Å². The first-order valence-corrected chi connectivity index (χ1v) is 17.6.